The third-order valence-electron chi connectivity index (χ3n) is 4.17. The van der Waals surface area contributed by atoms with Crippen molar-refractivity contribution >= 4 is 34.3 Å². The summed E-state index contributed by atoms with van der Waals surface area (Å²) in [6, 6.07) is 5.31. The molecule has 0 saturated heterocycles. The van der Waals surface area contributed by atoms with Crippen LogP contribution in [0.5, 0.6) is 5.75 Å². The summed E-state index contributed by atoms with van der Waals surface area (Å²) >= 11 is 6.41. The number of hydrogen-bond donors (Lipinski definition) is 2. The van der Waals surface area contributed by atoms with E-state index in [1.165, 1.54) is 13.3 Å². The molecule has 3 rings (SSSR count). The number of ether oxygens (including phenoxy) is 1. The predicted molar refractivity (Wildman–Crippen MR) is 91.7 cm³/mol. The molecular formula is C18H16ClNO4. The van der Waals surface area contributed by atoms with Gasteiger partial charge >= 0.3 is 5.97 Å². The van der Waals surface area contributed by atoms with Gasteiger partial charge in [-0.3, -0.25) is 9.59 Å². The molecule has 24 heavy (non-hydrogen) atoms. The van der Waals surface area contributed by atoms with E-state index >= 15 is 0 Å². The number of carboxylic acid groups (broad SMARTS) is 1. The summed E-state index contributed by atoms with van der Waals surface area (Å²) in [6.07, 6.45) is 8.51. The second-order valence-electron chi connectivity index (χ2n) is 5.62. The number of Topliss-reactive ketones (excluding diaryl/α,β-unsaturated/α-hetero) is 1. The van der Waals surface area contributed by atoms with Crippen LogP contribution in [-0.4, -0.2) is 33.8 Å². The van der Waals surface area contributed by atoms with E-state index < -0.39 is 22.5 Å². The number of fused-ring (bicyclic) bond motifs is 1. The molecule has 0 amide bonds. The molecule has 2 aromatic rings. The lowest BCUT2D eigenvalue weighted by Gasteiger charge is -2.25. The SMILES string of the molecule is COc1cccc2[nH]cc(C(C(=O)O)C(=O)C3(Cl)C=CC=CC3)c12. The standard InChI is InChI=1S/C18H16ClNO4/c1-24-13-7-5-6-12-14(13)11(10-20-12)15(17(22)23)16(21)18(19)8-3-2-4-9-18/h2-8,10,15,20H,9H2,1H3,(H,22,23). The van der Waals surface area contributed by atoms with E-state index in [0.717, 1.165) is 0 Å². The molecule has 1 aromatic heterocycles. The zero-order chi connectivity index (χ0) is 17.3. The van der Waals surface area contributed by atoms with Crippen LogP contribution in [-0.2, 0) is 9.59 Å². The zero-order valence-corrected chi connectivity index (χ0v) is 13.7. The molecule has 0 saturated carbocycles. The lowest BCUT2D eigenvalue weighted by Crippen LogP contribution is -2.38. The number of nitrogens with one attached hydrogen (secondary N) is 1. The van der Waals surface area contributed by atoms with Crippen molar-refractivity contribution in [3.8, 4) is 5.75 Å². The third-order valence-corrected chi connectivity index (χ3v) is 4.64. The van der Waals surface area contributed by atoms with Crippen LogP contribution in [0.15, 0.2) is 48.7 Å². The number of hydrogen-bond acceptors (Lipinski definition) is 3. The molecule has 1 aliphatic rings. The van der Waals surface area contributed by atoms with Gasteiger partial charge in [0.2, 0.25) is 0 Å². The molecule has 6 heteroatoms. The number of aromatic amines is 1. The number of benzene rings is 1. The third kappa shape index (κ3) is 2.61. The first-order valence-electron chi connectivity index (χ1n) is 7.42. The van der Waals surface area contributed by atoms with Crippen molar-refractivity contribution in [1.29, 1.82) is 0 Å². The first-order valence-corrected chi connectivity index (χ1v) is 7.80. The van der Waals surface area contributed by atoms with E-state index in [0.29, 0.717) is 22.2 Å². The van der Waals surface area contributed by atoms with Crippen LogP contribution in [0.3, 0.4) is 0 Å². The average Bonchev–Trinajstić information content (AvgIpc) is 2.99. The van der Waals surface area contributed by atoms with E-state index in [9.17, 15) is 14.7 Å². The highest BCUT2D eigenvalue weighted by Crippen LogP contribution is 2.38. The Morgan fingerprint density at radius 2 is 2.17 bits per heavy atom. The Kier molecular flexibility index (Phi) is 4.20. The van der Waals surface area contributed by atoms with E-state index in [4.69, 9.17) is 16.3 Å². The van der Waals surface area contributed by atoms with E-state index in [-0.39, 0.29) is 6.42 Å². The normalized spacial score (nSPS) is 20.9. The first kappa shape index (κ1) is 16.3. The van der Waals surface area contributed by atoms with E-state index in [1.54, 1.807) is 42.5 Å². The molecule has 5 nitrogen and oxygen atoms in total. The van der Waals surface area contributed by atoms with Crippen molar-refractivity contribution in [3.05, 3.63) is 54.3 Å². The number of halogens is 1. The number of aromatic nitrogens is 1. The van der Waals surface area contributed by atoms with Gasteiger partial charge in [-0.1, -0.05) is 30.4 Å². The van der Waals surface area contributed by atoms with Crippen molar-refractivity contribution < 1.29 is 19.4 Å². The summed E-state index contributed by atoms with van der Waals surface area (Å²) in [5.41, 5.74) is 1.05. The van der Waals surface area contributed by atoms with Gasteiger partial charge < -0.3 is 14.8 Å². The monoisotopic (exact) mass is 345 g/mol. The Morgan fingerprint density at radius 1 is 1.38 bits per heavy atom. The Labute approximate surface area is 143 Å². The molecule has 1 aliphatic carbocycles. The maximum atomic E-state index is 13.0. The number of aliphatic carboxylic acids is 1. The topological polar surface area (TPSA) is 79.4 Å². The number of H-pyrrole nitrogens is 1. The van der Waals surface area contributed by atoms with Crippen molar-refractivity contribution in [1.82, 2.24) is 4.98 Å². The number of ketones is 1. The lowest BCUT2D eigenvalue weighted by molar-refractivity contribution is -0.143. The molecule has 1 aromatic carbocycles. The lowest BCUT2D eigenvalue weighted by atomic mass is 9.83. The fourth-order valence-corrected chi connectivity index (χ4v) is 3.25. The zero-order valence-electron chi connectivity index (χ0n) is 13.0. The van der Waals surface area contributed by atoms with Gasteiger partial charge in [-0.25, -0.2) is 0 Å². The van der Waals surface area contributed by atoms with Crippen molar-refractivity contribution in [2.45, 2.75) is 17.2 Å². The summed E-state index contributed by atoms with van der Waals surface area (Å²) in [6.45, 7) is 0. The molecule has 1 heterocycles. The average molecular weight is 346 g/mol. The van der Waals surface area contributed by atoms with Crippen molar-refractivity contribution in [2.75, 3.05) is 7.11 Å². The van der Waals surface area contributed by atoms with Gasteiger partial charge in [0.25, 0.3) is 0 Å². The van der Waals surface area contributed by atoms with Gasteiger partial charge in [-0.15, -0.1) is 11.6 Å². The summed E-state index contributed by atoms with van der Waals surface area (Å²) in [5.74, 6) is -2.69. The van der Waals surface area contributed by atoms with Crippen LogP contribution in [0.2, 0.25) is 0 Å². The van der Waals surface area contributed by atoms with E-state index in [1.807, 2.05) is 0 Å². The van der Waals surface area contributed by atoms with Crippen LogP contribution >= 0.6 is 11.6 Å². The number of allylic oxidation sites excluding steroid dienone is 4. The molecule has 0 fully saturated rings. The summed E-state index contributed by atoms with van der Waals surface area (Å²) in [4.78, 5) is 26.5. The summed E-state index contributed by atoms with van der Waals surface area (Å²) in [5, 5.41) is 10.3. The second-order valence-corrected chi connectivity index (χ2v) is 6.29. The molecule has 0 aliphatic heterocycles. The summed E-state index contributed by atoms with van der Waals surface area (Å²) in [7, 11) is 1.50. The molecule has 2 atom stereocenters. The van der Waals surface area contributed by atoms with Crippen LogP contribution < -0.4 is 4.74 Å². The number of carboxylic acids is 1. The number of rotatable bonds is 5. The molecular weight excluding hydrogens is 330 g/mol. The van der Waals surface area contributed by atoms with Crippen LogP contribution in [0.25, 0.3) is 10.9 Å². The molecule has 0 bridgehead atoms. The maximum Gasteiger partial charge on any atom is 0.318 e. The van der Waals surface area contributed by atoms with Crippen LogP contribution in [0.1, 0.15) is 17.9 Å². The quantitative estimate of drug-likeness (QED) is 0.643. The summed E-state index contributed by atoms with van der Waals surface area (Å²) < 4.78 is 5.32. The van der Waals surface area contributed by atoms with Crippen molar-refractivity contribution in [3.63, 3.8) is 0 Å². The van der Waals surface area contributed by atoms with Gasteiger partial charge in [-0.05, 0) is 18.6 Å². The number of methoxy groups -OCH3 is 1. The molecule has 2 unspecified atom stereocenters. The molecule has 124 valence electrons. The van der Waals surface area contributed by atoms with Gasteiger partial charge in [-0.2, -0.15) is 0 Å². The molecule has 0 radical (unpaired) electrons. The maximum absolute atomic E-state index is 13.0. The minimum Gasteiger partial charge on any atom is -0.496 e. The highest BCUT2D eigenvalue weighted by Gasteiger charge is 2.43. The number of carbonyl (C=O) groups is 2. The highest BCUT2D eigenvalue weighted by molar-refractivity contribution is 6.39. The van der Waals surface area contributed by atoms with Gasteiger partial charge in [0.05, 0.1) is 7.11 Å². The minimum atomic E-state index is -1.39. The number of alkyl halides is 1. The largest absolute Gasteiger partial charge is 0.496 e. The van der Waals surface area contributed by atoms with Crippen LogP contribution in [0.4, 0.5) is 0 Å². The molecule has 0 spiro atoms. The first-order chi connectivity index (χ1) is 11.5. The van der Waals surface area contributed by atoms with Crippen molar-refractivity contribution in [2.24, 2.45) is 0 Å². The Bertz CT molecular complexity index is 867. The second kappa shape index (κ2) is 6.17. The van der Waals surface area contributed by atoms with Gasteiger partial charge in [0, 0.05) is 22.7 Å². The minimum absolute atomic E-state index is 0.257. The Balaban J connectivity index is 2.13. The Morgan fingerprint density at radius 3 is 2.79 bits per heavy atom. The Hall–Kier alpha value is -2.53. The fourth-order valence-electron chi connectivity index (χ4n) is 2.98. The van der Waals surface area contributed by atoms with Gasteiger partial charge in [0.1, 0.15) is 16.5 Å². The van der Waals surface area contributed by atoms with E-state index in [2.05, 4.69) is 4.98 Å². The van der Waals surface area contributed by atoms with Crippen LogP contribution in [0, 0.1) is 0 Å². The fraction of sp³-hybridized carbons (Fsp3) is 0.222. The number of carbonyl (C=O) groups excluding carboxylic acids is 1. The smallest absolute Gasteiger partial charge is 0.318 e. The highest BCUT2D eigenvalue weighted by atomic mass is 35.5. The van der Waals surface area contributed by atoms with Gasteiger partial charge in [0.15, 0.2) is 5.78 Å². The predicted octanol–water partition coefficient (Wildman–Crippen LogP) is 3.41. The molecule has 2 N–H and O–H groups in total.